The van der Waals surface area contributed by atoms with Crippen molar-refractivity contribution in [2.24, 2.45) is 11.8 Å². The van der Waals surface area contributed by atoms with Gasteiger partial charge in [0.25, 0.3) is 11.8 Å². The van der Waals surface area contributed by atoms with Crippen molar-refractivity contribution in [3.63, 3.8) is 0 Å². The molecule has 3 unspecified atom stereocenters. The highest BCUT2D eigenvalue weighted by atomic mass is 35.5. The molecule has 4 aliphatic rings. The predicted molar refractivity (Wildman–Crippen MR) is 107 cm³/mol. The van der Waals surface area contributed by atoms with Crippen LogP contribution in [0.3, 0.4) is 0 Å². The second-order valence-electron chi connectivity index (χ2n) is 8.75. The minimum Gasteiger partial charge on any atom is -0.380 e. The van der Waals surface area contributed by atoms with E-state index in [1.54, 1.807) is 9.80 Å². The molecule has 3 N–H and O–H groups in total. The normalized spacial score (nSPS) is 38.2. The SMILES string of the molecule is O=C(C1NCC(C2CCC(Cl)CC2Cl)CN1)N1CCN(C(=O)C2(O)CC2)CC1. The highest BCUT2D eigenvalue weighted by Gasteiger charge is 2.50. The van der Waals surface area contributed by atoms with Gasteiger partial charge in [0, 0.05) is 50.0 Å². The van der Waals surface area contributed by atoms with Gasteiger partial charge in [-0.1, -0.05) is 0 Å². The summed E-state index contributed by atoms with van der Waals surface area (Å²) in [6.45, 7) is 3.53. The fourth-order valence-corrected chi connectivity index (χ4v) is 5.68. The lowest BCUT2D eigenvalue weighted by Crippen LogP contribution is -2.64. The Kier molecular flexibility index (Phi) is 6.10. The third-order valence-corrected chi connectivity index (χ3v) is 7.68. The molecule has 0 radical (unpaired) electrons. The summed E-state index contributed by atoms with van der Waals surface area (Å²) in [6, 6.07) is 0. The number of carbonyl (C=O) groups is 2. The lowest BCUT2D eigenvalue weighted by molar-refractivity contribution is -0.148. The van der Waals surface area contributed by atoms with E-state index in [1.165, 1.54) is 0 Å². The van der Waals surface area contributed by atoms with Gasteiger partial charge in [0.15, 0.2) is 0 Å². The molecule has 28 heavy (non-hydrogen) atoms. The van der Waals surface area contributed by atoms with E-state index in [4.69, 9.17) is 23.2 Å². The Morgan fingerprint density at radius 1 is 0.964 bits per heavy atom. The maximum absolute atomic E-state index is 12.8. The smallest absolute Gasteiger partial charge is 0.254 e. The number of halogens is 2. The first-order valence-corrected chi connectivity index (χ1v) is 11.3. The molecule has 2 aliphatic carbocycles. The Labute approximate surface area is 176 Å². The van der Waals surface area contributed by atoms with Gasteiger partial charge in [-0.25, -0.2) is 0 Å². The van der Waals surface area contributed by atoms with E-state index in [-0.39, 0.29) is 28.7 Å². The quantitative estimate of drug-likeness (QED) is 0.559. The van der Waals surface area contributed by atoms with Crippen LogP contribution in [0.1, 0.15) is 32.1 Å². The molecular weight excluding hydrogens is 403 g/mol. The lowest BCUT2D eigenvalue weighted by Gasteiger charge is -2.42. The number of amides is 2. The summed E-state index contributed by atoms with van der Waals surface area (Å²) < 4.78 is 0. The Morgan fingerprint density at radius 2 is 1.57 bits per heavy atom. The number of rotatable bonds is 3. The van der Waals surface area contributed by atoms with Gasteiger partial charge in [-0.05, 0) is 43.9 Å². The van der Waals surface area contributed by atoms with E-state index in [9.17, 15) is 14.7 Å². The van der Waals surface area contributed by atoms with Gasteiger partial charge in [-0.15, -0.1) is 23.2 Å². The zero-order valence-electron chi connectivity index (χ0n) is 16.1. The zero-order chi connectivity index (χ0) is 19.9. The molecule has 0 aromatic carbocycles. The van der Waals surface area contributed by atoms with Gasteiger partial charge in [0.05, 0.1) is 0 Å². The Bertz CT molecular complexity index is 602. The minimum absolute atomic E-state index is 0.0302. The Balaban J connectivity index is 1.23. The van der Waals surface area contributed by atoms with E-state index in [0.29, 0.717) is 50.9 Å². The largest absolute Gasteiger partial charge is 0.380 e. The van der Waals surface area contributed by atoms with Crippen LogP contribution in [0.5, 0.6) is 0 Å². The monoisotopic (exact) mass is 432 g/mol. The molecule has 0 aromatic heterocycles. The number of hydrogen-bond donors (Lipinski definition) is 3. The van der Waals surface area contributed by atoms with Crippen LogP contribution in [0.25, 0.3) is 0 Å². The summed E-state index contributed by atoms with van der Waals surface area (Å²) in [4.78, 5) is 28.5. The first-order chi connectivity index (χ1) is 13.4. The van der Waals surface area contributed by atoms with Crippen LogP contribution in [0.4, 0.5) is 0 Å². The van der Waals surface area contributed by atoms with E-state index < -0.39 is 5.60 Å². The van der Waals surface area contributed by atoms with Crippen molar-refractivity contribution in [2.45, 2.75) is 54.6 Å². The predicted octanol–water partition coefficient (Wildman–Crippen LogP) is 0.332. The van der Waals surface area contributed by atoms with Crippen LogP contribution in [0.2, 0.25) is 0 Å². The molecule has 4 rings (SSSR count). The van der Waals surface area contributed by atoms with Crippen LogP contribution >= 0.6 is 23.2 Å². The van der Waals surface area contributed by atoms with Crippen molar-refractivity contribution in [3.05, 3.63) is 0 Å². The summed E-state index contributed by atoms with van der Waals surface area (Å²) in [7, 11) is 0. The van der Waals surface area contributed by atoms with Gasteiger partial charge in [-0.2, -0.15) is 0 Å². The van der Waals surface area contributed by atoms with Crippen molar-refractivity contribution in [3.8, 4) is 0 Å². The van der Waals surface area contributed by atoms with Gasteiger partial charge in [0.2, 0.25) is 0 Å². The molecule has 0 aromatic rings. The number of nitrogens with one attached hydrogen (secondary N) is 2. The number of aliphatic hydroxyl groups is 1. The first kappa shape index (κ1) is 20.7. The lowest BCUT2D eigenvalue weighted by atomic mass is 9.78. The van der Waals surface area contributed by atoms with E-state index >= 15 is 0 Å². The summed E-state index contributed by atoms with van der Waals surface area (Å²) in [5.74, 6) is 0.682. The van der Waals surface area contributed by atoms with Crippen molar-refractivity contribution in [1.29, 1.82) is 0 Å². The third kappa shape index (κ3) is 4.29. The van der Waals surface area contributed by atoms with Crippen molar-refractivity contribution >= 4 is 35.0 Å². The summed E-state index contributed by atoms with van der Waals surface area (Å²) >= 11 is 12.8. The summed E-state index contributed by atoms with van der Waals surface area (Å²) in [5, 5.41) is 17.0. The number of alkyl halides is 2. The molecule has 0 spiro atoms. The van der Waals surface area contributed by atoms with E-state index in [0.717, 1.165) is 32.4 Å². The average Bonchev–Trinajstić information content (AvgIpc) is 3.46. The van der Waals surface area contributed by atoms with Crippen LogP contribution < -0.4 is 10.6 Å². The van der Waals surface area contributed by atoms with Gasteiger partial charge < -0.3 is 14.9 Å². The van der Waals surface area contributed by atoms with Crippen molar-refractivity contribution in [1.82, 2.24) is 20.4 Å². The molecule has 2 heterocycles. The number of carbonyl (C=O) groups excluding carboxylic acids is 2. The minimum atomic E-state index is -1.13. The second-order valence-corrected chi connectivity index (χ2v) is 9.93. The molecular formula is C19H30Cl2N4O3. The van der Waals surface area contributed by atoms with Crippen molar-refractivity contribution in [2.75, 3.05) is 39.3 Å². The highest BCUT2D eigenvalue weighted by Crippen LogP contribution is 2.37. The van der Waals surface area contributed by atoms with E-state index in [2.05, 4.69) is 10.6 Å². The first-order valence-electron chi connectivity index (χ1n) is 10.4. The van der Waals surface area contributed by atoms with Crippen LogP contribution in [0.15, 0.2) is 0 Å². The highest BCUT2D eigenvalue weighted by molar-refractivity contribution is 6.24. The van der Waals surface area contributed by atoms with Crippen LogP contribution in [-0.4, -0.2) is 88.5 Å². The van der Waals surface area contributed by atoms with Gasteiger partial charge >= 0.3 is 0 Å². The van der Waals surface area contributed by atoms with Gasteiger partial charge in [-0.3, -0.25) is 20.2 Å². The van der Waals surface area contributed by atoms with E-state index in [1.807, 2.05) is 0 Å². The molecule has 3 atom stereocenters. The third-order valence-electron chi connectivity index (χ3n) is 6.78. The van der Waals surface area contributed by atoms with Crippen LogP contribution in [0, 0.1) is 11.8 Å². The average molecular weight is 433 g/mol. The molecule has 2 amide bonds. The fraction of sp³-hybridized carbons (Fsp3) is 0.895. The molecule has 158 valence electrons. The molecule has 0 bridgehead atoms. The standard InChI is InChI=1S/C19H30Cl2N4O3/c20-13-1-2-14(15(21)9-13)12-10-22-16(23-11-12)17(26)24-5-7-25(8-6-24)18(27)19(28)3-4-19/h12-16,22-23,28H,1-11H2. The van der Waals surface area contributed by atoms with Crippen molar-refractivity contribution < 1.29 is 14.7 Å². The van der Waals surface area contributed by atoms with Crippen LogP contribution in [-0.2, 0) is 9.59 Å². The Hall–Kier alpha value is -0.600. The maximum atomic E-state index is 12.8. The topological polar surface area (TPSA) is 84.9 Å². The molecule has 4 fully saturated rings. The number of piperazine rings is 1. The zero-order valence-corrected chi connectivity index (χ0v) is 17.6. The fourth-order valence-electron chi connectivity index (χ4n) is 4.72. The summed E-state index contributed by atoms with van der Waals surface area (Å²) in [6.07, 6.45) is 3.62. The number of hydrogen-bond acceptors (Lipinski definition) is 5. The molecule has 2 aliphatic heterocycles. The maximum Gasteiger partial charge on any atom is 0.254 e. The summed E-state index contributed by atoms with van der Waals surface area (Å²) in [5.41, 5.74) is -1.13. The molecule has 7 nitrogen and oxygen atoms in total. The molecule has 2 saturated carbocycles. The number of nitrogens with zero attached hydrogens (tertiary/aromatic N) is 2. The molecule has 9 heteroatoms. The second kappa shape index (κ2) is 8.26. The molecule has 2 saturated heterocycles. The Morgan fingerprint density at radius 3 is 2.14 bits per heavy atom. The van der Waals surface area contributed by atoms with Gasteiger partial charge in [0.1, 0.15) is 11.8 Å².